The first-order valence-electron chi connectivity index (χ1n) is 5.50. The summed E-state index contributed by atoms with van der Waals surface area (Å²) in [6.45, 7) is 5.80. The number of hydrogen-bond acceptors (Lipinski definition) is 1. The first-order valence-corrected chi connectivity index (χ1v) is 6.62. The van der Waals surface area contributed by atoms with Gasteiger partial charge in [0.05, 0.1) is 0 Å². The van der Waals surface area contributed by atoms with Gasteiger partial charge >= 0.3 is 5.69 Å². The number of rotatable bonds is 6. The molecule has 0 saturated carbocycles. The molecule has 86 valence electrons. The van der Waals surface area contributed by atoms with Crippen LogP contribution in [0.5, 0.6) is 0 Å². The Morgan fingerprint density at radius 2 is 2.00 bits per heavy atom. The zero-order valence-corrected chi connectivity index (χ0v) is 11.0. The van der Waals surface area contributed by atoms with Crippen LogP contribution >= 0.6 is 15.9 Å². The molecule has 4 heteroatoms. The summed E-state index contributed by atoms with van der Waals surface area (Å²) in [6, 6.07) is 0. The Bertz CT molecular complexity index is 343. The SMILES string of the molecule is CCn1ccn(CCC(C)CCBr)c1=O. The van der Waals surface area contributed by atoms with Gasteiger partial charge in [-0.05, 0) is 25.7 Å². The number of imidazole rings is 1. The standard InChI is InChI=1S/C11H19BrN2O/c1-3-13-8-9-14(11(13)15)7-5-10(2)4-6-12/h8-10H,3-7H2,1-2H3. The quantitative estimate of drug-likeness (QED) is 0.733. The van der Waals surface area contributed by atoms with E-state index in [1.807, 2.05) is 19.3 Å². The number of aromatic nitrogens is 2. The summed E-state index contributed by atoms with van der Waals surface area (Å²) < 4.78 is 3.53. The van der Waals surface area contributed by atoms with Crippen LogP contribution < -0.4 is 5.69 Å². The van der Waals surface area contributed by atoms with E-state index in [0.29, 0.717) is 5.92 Å². The number of halogens is 1. The zero-order valence-electron chi connectivity index (χ0n) is 9.45. The molecule has 0 radical (unpaired) electrons. The van der Waals surface area contributed by atoms with Crippen LogP contribution in [0, 0.1) is 5.92 Å². The summed E-state index contributed by atoms with van der Waals surface area (Å²) in [7, 11) is 0. The van der Waals surface area contributed by atoms with E-state index >= 15 is 0 Å². The predicted octanol–water partition coefficient (Wildman–Crippen LogP) is 2.48. The van der Waals surface area contributed by atoms with Gasteiger partial charge in [0, 0.05) is 30.8 Å². The van der Waals surface area contributed by atoms with Crippen LogP contribution in [0.2, 0.25) is 0 Å². The van der Waals surface area contributed by atoms with Crippen molar-refractivity contribution in [3.8, 4) is 0 Å². The normalized spacial score (nSPS) is 13.0. The number of hydrogen-bond donors (Lipinski definition) is 0. The smallest absolute Gasteiger partial charge is 0.300 e. The highest BCUT2D eigenvalue weighted by atomic mass is 79.9. The highest BCUT2D eigenvalue weighted by molar-refractivity contribution is 9.09. The van der Waals surface area contributed by atoms with E-state index in [1.54, 1.807) is 9.13 Å². The molecule has 0 aliphatic heterocycles. The summed E-state index contributed by atoms with van der Waals surface area (Å²) in [5.41, 5.74) is 0.114. The van der Waals surface area contributed by atoms with Crippen molar-refractivity contribution in [2.24, 2.45) is 5.92 Å². The van der Waals surface area contributed by atoms with Gasteiger partial charge in [0.15, 0.2) is 0 Å². The lowest BCUT2D eigenvalue weighted by molar-refractivity contribution is 0.463. The van der Waals surface area contributed by atoms with Gasteiger partial charge in [-0.2, -0.15) is 0 Å². The van der Waals surface area contributed by atoms with Crippen LogP contribution in [-0.4, -0.2) is 14.5 Å². The first kappa shape index (κ1) is 12.6. The van der Waals surface area contributed by atoms with Gasteiger partial charge in [0.1, 0.15) is 0 Å². The van der Waals surface area contributed by atoms with Gasteiger partial charge < -0.3 is 0 Å². The second-order valence-electron chi connectivity index (χ2n) is 3.93. The highest BCUT2D eigenvalue weighted by Gasteiger charge is 2.04. The Labute approximate surface area is 99.2 Å². The maximum Gasteiger partial charge on any atom is 0.328 e. The van der Waals surface area contributed by atoms with E-state index in [-0.39, 0.29) is 5.69 Å². The monoisotopic (exact) mass is 274 g/mol. The van der Waals surface area contributed by atoms with Crippen molar-refractivity contribution in [1.29, 1.82) is 0 Å². The number of alkyl halides is 1. The fourth-order valence-electron chi connectivity index (χ4n) is 1.55. The molecule has 15 heavy (non-hydrogen) atoms. The summed E-state index contributed by atoms with van der Waals surface area (Å²) in [5.74, 6) is 0.668. The minimum Gasteiger partial charge on any atom is -0.300 e. The minimum atomic E-state index is 0.114. The van der Waals surface area contributed by atoms with Crippen molar-refractivity contribution >= 4 is 15.9 Å². The molecule has 0 aliphatic rings. The molecular weight excluding hydrogens is 256 g/mol. The number of aryl methyl sites for hydroxylation is 2. The molecule has 1 atom stereocenters. The molecule has 1 aromatic heterocycles. The van der Waals surface area contributed by atoms with Crippen molar-refractivity contribution in [2.75, 3.05) is 5.33 Å². The average Bonchev–Trinajstić information content (AvgIpc) is 2.57. The van der Waals surface area contributed by atoms with Gasteiger partial charge in [-0.15, -0.1) is 0 Å². The lowest BCUT2D eigenvalue weighted by Gasteiger charge is -2.08. The average molecular weight is 275 g/mol. The summed E-state index contributed by atoms with van der Waals surface area (Å²) >= 11 is 3.43. The molecular formula is C11H19BrN2O. The molecule has 0 saturated heterocycles. The fraction of sp³-hybridized carbons (Fsp3) is 0.727. The summed E-state index contributed by atoms with van der Waals surface area (Å²) in [6.07, 6.45) is 5.98. The lowest BCUT2D eigenvalue weighted by atomic mass is 10.1. The Morgan fingerprint density at radius 3 is 2.53 bits per heavy atom. The summed E-state index contributed by atoms with van der Waals surface area (Å²) in [4.78, 5) is 11.7. The van der Waals surface area contributed by atoms with E-state index in [9.17, 15) is 4.79 Å². The summed E-state index contributed by atoms with van der Waals surface area (Å²) in [5, 5.41) is 1.04. The van der Waals surface area contributed by atoms with E-state index in [2.05, 4.69) is 22.9 Å². The Hall–Kier alpha value is -0.510. The van der Waals surface area contributed by atoms with Crippen LogP contribution in [0.1, 0.15) is 26.7 Å². The molecule has 3 nitrogen and oxygen atoms in total. The molecule has 1 heterocycles. The van der Waals surface area contributed by atoms with E-state index in [0.717, 1.165) is 24.8 Å². The minimum absolute atomic E-state index is 0.114. The van der Waals surface area contributed by atoms with Gasteiger partial charge in [-0.3, -0.25) is 9.13 Å². The molecule has 1 aromatic rings. The fourth-order valence-corrected chi connectivity index (χ4v) is 2.34. The zero-order chi connectivity index (χ0) is 11.3. The molecule has 1 unspecified atom stereocenters. The Kier molecular flexibility index (Phi) is 5.15. The van der Waals surface area contributed by atoms with Crippen LogP contribution in [0.15, 0.2) is 17.2 Å². The van der Waals surface area contributed by atoms with Gasteiger partial charge in [-0.1, -0.05) is 22.9 Å². The third-order valence-electron chi connectivity index (χ3n) is 2.72. The van der Waals surface area contributed by atoms with Gasteiger partial charge in [0.25, 0.3) is 0 Å². The first-order chi connectivity index (χ1) is 7.19. The van der Waals surface area contributed by atoms with Crippen LogP contribution in [0.4, 0.5) is 0 Å². The third-order valence-corrected chi connectivity index (χ3v) is 3.18. The molecule has 0 fully saturated rings. The van der Waals surface area contributed by atoms with Crippen LogP contribution in [0.3, 0.4) is 0 Å². The molecule has 0 amide bonds. The van der Waals surface area contributed by atoms with E-state index in [4.69, 9.17) is 0 Å². The van der Waals surface area contributed by atoms with Crippen molar-refractivity contribution in [2.45, 2.75) is 39.8 Å². The predicted molar refractivity (Wildman–Crippen MR) is 66.6 cm³/mol. The van der Waals surface area contributed by atoms with Crippen molar-refractivity contribution in [3.63, 3.8) is 0 Å². The van der Waals surface area contributed by atoms with Crippen molar-refractivity contribution < 1.29 is 0 Å². The second-order valence-corrected chi connectivity index (χ2v) is 4.72. The molecule has 0 aromatic carbocycles. The maximum atomic E-state index is 11.7. The van der Waals surface area contributed by atoms with Crippen LogP contribution in [-0.2, 0) is 13.1 Å². The maximum absolute atomic E-state index is 11.7. The Morgan fingerprint density at radius 1 is 1.33 bits per heavy atom. The molecule has 0 bridgehead atoms. The van der Waals surface area contributed by atoms with Crippen LogP contribution in [0.25, 0.3) is 0 Å². The van der Waals surface area contributed by atoms with Gasteiger partial charge in [-0.25, -0.2) is 4.79 Å². The molecule has 0 aliphatic carbocycles. The topological polar surface area (TPSA) is 26.9 Å². The second kappa shape index (κ2) is 6.16. The van der Waals surface area contributed by atoms with Gasteiger partial charge in [0.2, 0.25) is 0 Å². The number of nitrogens with zero attached hydrogens (tertiary/aromatic N) is 2. The van der Waals surface area contributed by atoms with Crippen molar-refractivity contribution in [3.05, 3.63) is 22.9 Å². The molecule has 0 N–H and O–H groups in total. The lowest BCUT2D eigenvalue weighted by Crippen LogP contribution is -2.24. The van der Waals surface area contributed by atoms with Crippen molar-refractivity contribution in [1.82, 2.24) is 9.13 Å². The van der Waals surface area contributed by atoms with E-state index in [1.165, 1.54) is 6.42 Å². The molecule has 0 spiro atoms. The molecule has 1 rings (SSSR count). The highest BCUT2D eigenvalue weighted by Crippen LogP contribution is 2.09. The van der Waals surface area contributed by atoms with E-state index < -0.39 is 0 Å². The third kappa shape index (κ3) is 3.52. The Balaban J connectivity index is 2.51. The largest absolute Gasteiger partial charge is 0.328 e.